The number of benzene rings is 8. The molecular weight excluding hydrogens is 573 g/mol. The first-order valence-electron chi connectivity index (χ1n) is 15.9. The van der Waals surface area contributed by atoms with Gasteiger partial charge in [0.15, 0.2) is 0 Å². The van der Waals surface area contributed by atoms with Gasteiger partial charge in [-0.25, -0.2) is 0 Å². The predicted octanol–water partition coefficient (Wildman–Crippen LogP) is 12.2. The number of rotatable bonds is 3. The fourth-order valence-corrected chi connectivity index (χ4v) is 9.40. The summed E-state index contributed by atoms with van der Waals surface area (Å²) in [7, 11) is 0. The van der Waals surface area contributed by atoms with E-state index in [2.05, 4.69) is 170 Å². The molecule has 0 N–H and O–H groups in total. The van der Waals surface area contributed by atoms with Crippen LogP contribution < -0.4 is 0 Å². The van der Waals surface area contributed by atoms with E-state index in [0.29, 0.717) is 0 Å². The second kappa shape index (κ2) is 9.81. The van der Waals surface area contributed by atoms with E-state index in [1.807, 2.05) is 11.8 Å². The van der Waals surface area contributed by atoms with Gasteiger partial charge in [0.05, 0.1) is 5.41 Å². The normalized spacial score (nSPS) is 15.8. The van der Waals surface area contributed by atoms with Gasteiger partial charge in [-0.05, 0) is 96.1 Å². The van der Waals surface area contributed by atoms with Gasteiger partial charge in [-0.3, -0.25) is 0 Å². The zero-order valence-electron chi connectivity index (χ0n) is 25.1. The van der Waals surface area contributed by atoms with Crippen molar-refractivity contribution in [1.82, 2.24) is 0 Å². The molecule has 10 rings (SSSR count). The van der Waals surface area contributed by atoms with Crippen LogP contribution in [0.2, 0.25) is 0 Å². The van der Waals surface area contributed by atoms with Gasteiger partial charge in [-0.2, -0.15) is 0 Å². The van der Waals surface area contributed by atoms with Crippen molar-refractivity contribution in [1.29, 1.82) is 0 Å². The molecule has 1 atom stereocenters. The highest BCUT2D eigenvalue weighted by atomic mass is 32.2. The Morgan fingerprint density at radius 2 is 0.957 bits per heavy atom. The maximum atomic E-state index is 2.46. The first kappa shape index (κ1) is 25.9. The zero-order chi connectivity index (χ0) is 30.2. The highest BCUT2D eigenvalue weighted by Crippen LogP contribution is 2.59. The molecule has 214 valence electrons. The van der Waals surface area contributed by atoms with E-state index in [4.69, 9.17) is 0 Å². The van der Waals surface area contributed by atoms with Crippen molar-refractivity contribution in [2.45, 2.75) is 15.2 Å². The summed E-state index contributed by atoms with van der Waals surface area (Å²) < 4.78 is 0. The van der Waals surface area contributed by atoms with Crippen molar-refractivity contribution in [2.24, 2.45) is 0 Å². The fraction of sp³-hybridized carbons (Fsp3) is 0.0222. The summed E-state index contributed by atoms with van der Waals surface area (Å²) in [5, 5.41) is 5.20. The van der Waals surface area contributed by atoms with E-state index in [1.165, 1.54) is 87.0 Å². The minimum Gasteiger partial charge on any atom is -0.0888 e. The highest BCUT2D eigenvalue weighted by Gasteiger charge is 2.47. The predicted molar refractivity (Wildman–Crippen MR) is 194 cm³/mol. The molecular formula is C45H28S. The Kier molecular flexibility index (Phi) is 5.53. The van der Waals surface area contributed by atoms with E-state index in [-0.39, 0.29) is 0 Å². The average molecular weight is 601 g/mol. The lowest BCUT2D eigenvalue weighted by molar-refractivity contribution is 0.772. The first-order valence-corrected chi connectivity index (χ1v) is 16.8. The standard InChI is InChI=1S/C45H28S/c1-2-15-31(16-3-1)45(40-23-10-7-18-34(40)38-27-29-13-4-5-14-30(29)28-41(38)45)39-22-9-6-17-33(39)32-25-26-43-44-36(32)20-12-21-37(44)35-19-8-11-24-42(35)46-43/h1-28H. The molecule has 1 aliphatic carbocycles. The van der Waals surface area contributed by atoms with Crippen LogP contribution >= 0.6 is 11.8 Å². The molecule has 0 spiro atoms. The lowest BCUT2D eigenvalue weighted by Gasteiger charge is -2.36. The monoisotopic (exact) mass is 600 g/mol. The quantitative estimate of drug-likeness (QED) is 0.194. The molecule has 0 saturated heterocycles. The van der Waals surface area contributed by atoms with Crippen LogP contribution in [0, 0.1) is 0 Å². The molecule has 0 amide bonds. The van der Waals surface area contributed by atoms with Crippen LogP contribution in [0.3, 0.4) is 0 Å². The molecule has 0 nitrogen and oxygen atoms in total. The van der Waals surface area contributed by atoms with Crippen molar-refractivity contribution in [3.05, 3.63) is 192 Å². The molecule has 8 aromatic rings. The third kappa shape index (κ3) is 3.47. The minimum atomic E-state index is -0.491. The SMILES string of the molecule is c1ccc(C2(c3ccccc3-c3ccc4c5c(cccc35)-c3ccccc3S4)c3ccccc3-c3cc4ccccc4cc32)cc1. The van der Waals surface area contributed by atoms with Crippen LogP contribution in [-0.2, 0) is 5.41 Å². The molecule has 0 fully saturated rings. The summed E-state index contributed by atoms with van der Waals surface area (Å²) in [6.45, 7) is 0. The van der Waals surface area contributed by atoms with Gasteiger partial charge in [0, 0.05) is 15.2 Å². The Bertz CT molecular complexity index is 2510. The number of hydrogen-bond acceptors (Lipinski definition) is 1. The number of fused-ring (bicyclic) bond motifs is 6. The van der Waals surface area contributed by atoms with Crippen LogP contribution in [-0.4, -0.2) is 0 Å². The Morgan fingerprint density at radius 1 is 0.348 bits per heavy atom. The summed E-state index contributed by atoms with van der Waals surface area (Å²) >= 11 is 1.89. The molecule has 1 unspecified atom stereocenters. The van der Waals surface area contributed by atoms with Gasteiger partial charge >= 0.3 is 0 Å². The van der Waals surface area contributed by atoms with Crippen LogP contribution in [0.25, 0.3) is 54.9 Å². The van der Waals surface area contributed by atoms with Crippen LogP contribution in [0.1, 0.15) is 22.3 Å². The fourth-order valence-electron chi connectivity index (χ4n) is 8.27. The van der Waals surface area contributed by atoms with E-state index in [0.717, 1.165) is 0 Å². The number of hydrogen-bond donors (Lipinski definition) is 0. The maximum Gasteiger partial charge on any atom is 0.0719 e. The van der Waals surface area contributed by atoms with E-state index < -0.39 is 5.41 Å². The van der Waals surface area contributed by atoms with Gasteiger partial charge < -0.3 is 0 Å². The van der Waals surface area contributed by atoms with Crippen molar-refractivity contribution >= 4 is 33.3 Å². The van der Waals surface area contributed by atoms with Crippen molar-refractivity contribution in [3.63, 3.8) is 0 Å². The molecule has 1 aliphatic heterocycles. The minimum absolute atomic E-state index is 0.491. The van der Waals surface area contributed by atoms with Crippen molar-refractivity contribution in [2.75, 3.05) is 0 Å². The summed E-state index contributed by atoms with van der Waals surface area (Å²) in [6, 6.07) is 63.4. The molecule has 8 aromatic carbocycles. The van der Waals surface area contributed by atoms with E-state index in [9.17, 15) is 0 Å². The second-order valence-electron chi connectivity index (χ2n) is 12.4. The Balaban J connectivity index is 1.33. The third-order valence-electron chi connectivity index (χ3n) is 10.1. The van der Waals surface area contributed by atoms with Crippen LogP contribution in [0.15, 0.2) is 180 Å². The zero-order valence-corrected chi connectivity index (χ0v) is 25.9. The smallest absolute Gasteiger partial charge is 0.0719 e. The summed E-state index contributed by atoms with van der Waals surface area (Å²) in [5.41, 5.74) is 12.6. The van der Waals surface area contributed by atoms with Gasteiger partial charge in [0.2, 0.25) is 0 Å². The maximum absolute atomic E-state index is 2.46. The second-order valence-corrected chi connectivity index (χ2v) is 13.5. The van der Waals surface area contributed by atoms with E-state index >= 15 is 0 Å². The van der Waals surface area contributed by atoms with Gasteiger partial charge in [0.25, 0.3) is 0 Å². The average Bonchev–Trinajstić information content (AvgIpc) is 3.41. The molecule has 1 heterocycles. The Hall–Kier alpha value is -5.37. The lowest BCUT2D eigenvalue weighted by Crippen LogP contribution is -2.29. The molecule has 0 saturated carbocycles. The summed E-state index contributed by atoms with van der Waals surface area (Å²) in [6.07, 6.45) is 0. The Morgan fingerprint density at radius 3 is 1.74 bits per heavy atom. The molecule has 46 heavy (non-hydrogen) atoms. The summed E-state index contributed by atoms with van der Waals surface area (Å²) in [4.78, 5) is 2.65. The first-order chi connectivity index (χ1) is 22.8. The molecule has 0 aromatic heterocycles. The Labute approximate surface area is 273 Å². The highest BCUT2D eigenvalue weighted by molar-refractivity contribution is 7.99. The van der Waals surface area contributed by atoms with E-state index in [1.54, 1.807) is 0 Å². The van der Waals surface area contributed by atoms with Crippen LogP contribution in [0.4, 0.5) is 0 Å². The van der Waals surface area contributed by atoms with Crippen LogP contribution in [0.5, 0.6) is 0 Å². The van der Waals surface area contributed by atoms with Gasteiger partial charge in [-0.1, -0.05) is 157 Å². The molecule has 0 radical (unpaired) electrons. The largest absolute Gasteiger partial charge is 0.0888 e. The van der Waals surface area contributed by atoms with Gasteiger partial charge in [-0.15, -0.1) is 0 Å². The van der Waals surface area contributed by atoms with Crippen molar-refractivity contribution < 1.29 is 0 Å². The third-order valence-corrected chi connectivity index (χ3v) is 11.3. The molecule has 0 bridgehead atoms. The topological polar surface area (TPSA) is 0 Å². The molecule has 1 heteroatoms. The summed E-state index contributed by atoms with van der Waals surface area (Å²) in [5.74, 6) is 0. The lowest BCUT2D eigenvalue weighted by atomic mass is 9.65. The molecule has 2 aliphatic rings. The van der Waals surface area contributed by atoms with Gasteiger partial charge in [0.1, 0.15) is 0 Å². The van der Waals surface area contributed by atoms with Crippen molar-refractivity contribution in [3.8, 4) is 33.4 Å².